The molecule has 0 radical (unpaired) electrons. The van der Waals surface area contributed by atoms with Gasteiger partial charge in [0.15, 0.2) is 0 Å². The van der Waals surface area contributed by atoms with Crippen LogP contribution in [0.1, 0.15) is 19.3 Å². The molecule has 0 aromatic rings. The molecule has 80 valence electrons. The number of rotatable bonds is 0. The van der Waals surface area contributed by atoms with E-state index in [1.165, 1.54) is 12.8 Å². The number of hydrogen-bond acceptors (Lipinski definition) is 3. The molecule has 2 saturated heterocycles. The fraction of sp³-hybridized carbons (Fsp3) is 0.889. The van der Waals surface area contributed by atoms with Gasteiger partial charge >= 0.3 is 6.03 Å². The highest BCUT2D eigenvalue weighted by atomic mass is 16.2. The number of hydrazine groups is 1. The highest BCUT2D eigenvalue weighted by Gasteiger charge is 2.35. The van der Waals surface area contributed by atoms with Crippen molar-refractivity contribution in [1.82, 2.24) is 15.2 Å². The molecule has 0 aliphatic carbocycles. The summed E-state index contributed by atoms with van der Waals surface area (Å²) in [7, 11) is 2.16. The molecular formula is C9H18N4O. The zero-order chi connectivity index (χ0) is 10.1. The number of nitrogens with two attached hydrogens (primary N) is 1. The summed E-state index contributed by atoms with van der Waals surface area (Å²) in [4.78, 5) is 15.6. The van der Waals surface area contributed by atoms with Crippen molar-refractivity contribution in [1.29, 1.82) is 0 Å². The van der Waals surface area contributed by atoms with Crippen LogP contribution in [0.15, 0.2) is 0 Å². The molecule has 2 fully saturated rings. The summed E-state index contributed by atoms with van der Waals surface area (Å²) in [5.74, 6) is 5.13. The lowest BCUT2D eigenvalue weighted by Gasteiger charge is -2.25. The number of carbonyl (C=O) groups is 1. The van der Waals surface area contributed by atoms with Gasteiger partial charge in [-0.15, -0.1) is 0 Å². The van der Waals surface area contributed by atoms with Crippen LogP contribution < -0.4 is 11.3 Å². The summed E-state index contributed by atoms with van der Waals surface area (Å²) >= 11 is 0. The van der Waals surface area contributed by atoms with Crippen LogP contribution in [0.3, 0.4) is 0 Å². The molecule has 0 aromatic heterocycles. The molecule has 0 spiro atoms. The van der Waals surface area contributed by atoms with Crippen molar-refractivity contribution < 1.29 is 4.79 Å². The van der Waals surface area contributed by atoms with E-state index < -0.39 is 0 Å². The minimum atomic E-state index is -0.147. The zero-order valence-electron chi connectivity index (χ0n) is 8.57. The fourth-order valence-electron chi connectivity index (χ4n) is 2.58. The molecule has 5 heteroatoms. The van der Waals surface area contributed by atoms with Gasteiger partial charge in [0.05, 0.1) is 0 Å². The fourth-order valence-corrected chi connectivity index (χ4v) is 2.58. The predicted molar refractivity (Wildman–Crippen MR) is 53.5 cm³/mol. The summed E-state index contributed by atoms with van der Waals surface area (Å²) in [5, 5.41) is 0. The number of fused-ring (bicyclic) bond motifs is 2. The van der Waals surface area contributed by atoms with Gasteiger partial charge < -0.3 is 4.90 Å². The smallest absolute Gasteiger partial charge is 0.322 e. The summed E-state index contributed by atoms with van der Waals surface area (Å²) < 4.78 is 0. The molecule has 0 aromatic carbocycles. The van der Waals surface area contributed by atoms with E-state index in [-0.39, 0.29) is 6.03 Å². The Balaban J connectivity index is 2.03. The Bertz CT molecular complexity index is 233. The van der Waals surface area contributed by atoms with Gasteiger partial charge in [0.25, 0.3) is 0 Å². The van der Waals surface area contributed by atoms with E-state index in [0.29, 0.717) is 12.1 Å². The molecule has 2 unspecified atom stereocenters. The van der Waals surface area contributed by atoms with E-state index in [0.717, 1.165) is 19.5 Å². The highest BCUT2D eigenvalue weighted by Crippen LogP contribution is 2.28. The topological polar surface area (TPSA) is 61.6 Å². The molecule has 0 saturated carbocycles. The van der Waals surface area contributed by atoms with Crippen molar-refractivity contribution in [2.24, 2.45) is 5.84 Å². The van der Waals surface area contributed by atoms with E-state index in [4.69, 9.17) is 5.84 Å². The zero-order valence-corrected chi connectivity index (χ0v) is 8.57. The quantitative estimate of drug-likeness (QED) is 0.320. The van der Waals surface area contributed by atoms with Crippen LogP contribution in [0.25, 0.3) is 0 Å². The van der Waals surface area contributed by atoms with Crippen molar-refractivity contribution in [3.63, 3.8) is 0 Å². The average molecular weight is 198 g/mol. The van der Waals surface area contributed by atoms with Crippen molar-refractivity contribution in [3.8, 4) is 0 Å². The van der Waals surface area contributed by atoms with E-state index in [1.54, 1.807) is 0 Å². The first-order valence-electron chi connectivity index (χ1n) is 5.20. The van der Waals surface area contributed by atoms with Crippen molar-refractivity contribution in [3.05, 3.63) is 0 Å². The van der Waals surface area contributed by atoms with Gasteiger partial charge in [-0.2, -0.15) is 0 Å². The van der Waals surface area contributed by atoms with E-state index in [2.05, 4.69) is 17.4 Å². The average Bonchev–Trinajstić information content (AvgIpc) is 2.40. The third kappa shape index (κ3) is 1.57. The number of carbonyl (C=O) groups excluding carboxylic acids is 1. The molecule has 2 rings (SSSR count). The Morgan fingerprint density at radius 2 is 2.07 bits per heavy atom. The standard InChI is InChI=1S/C9H18N4O/c1-12-7-2-3-8(12)6-13(5-4-7)9(14)11-10/h7-8H,2-6,10H2,1H3,(H,11,14). The normalized spacial score (nSPS) is 32.9. The summed E-state index contributed by atoms with van der Waals surface area (Å²) in [6.45, 7) is 1.64. The highest BCUT2D eigenvalue weighted by molar-refractivity contribution is 5.73. The first kappa shape index (κ1) is 9.73. The number of urea groups is 1. The summed E-state index contributed by atoms with van der Waals surface area (Å²) in [6, 6.07) is 1.04. The minimum absolute atomic E-state index is 0.147. The second-order valence-electron chi connectivity index (χ2n) is 4.23. The maximum Gasteiger partial charge on any atom is 0.331 e. The van der Waals surface area contributed by atoms with Gasteiger partial charge in [-0.25, -0.2) is 10.6 Å². The van der Waals surface area contributed by atoms with Crippen LogP contribution in [0.5, 0.6) is 0 Å². The lowest BCUT2D eigenvalue weighted by Crippen LogP contribution is -2.47. The molecular weight excluding hydrogens is 180 g/mol. The lowest BCUT2D eigenvalue weighted by molar-refractivity contribution is 0.188. The van der Waals surface area contributed by atoms with Gasteiger partial charge in [0.2, 0.25) is 0 Å². The second kappa shape index (κ2) is 3.74. The van der Waals surface area contributed by atoms with Crippen LogP contribution >= 0.6 is 0 Å². The minimum Gasteiger partial charge on any atom is -0.322 e. The number of likely N-dealkylation sites (N-methyl/N-ethyl adjacent to an activating group) is 1. The maximum atomic E-state index is 11.4. The number of amides is 2. The number of likely N-dealkylation sites (tertiary alicyclic amines) is 1. The first-order valence-corrected chi connectivity index (χ1v) is 5.20. The SMILES string of the molecule is CN1C2CCC1CN(C(=O)NN)CC2. The van der Waals surface area contributed by atoms with Crippen molar-refractivity contribution in [2.75, 3.05) is 20.1 Å². The number of nitrogens with zero attached hydrogens (tertiary/aromatic N) is 2. The summed E-state index contributed by atoms with van der Waals surface area (Å²) in [5.41, 5.74) is 2.21. The number of hydrogen-bond donors (Lipinski definition) is 2. The molecule has 2 amide bonds. The van der Waals surface area contributed by atoms with Crippen LogP contribution in [0.2, 0.25) is 0 Å². The Labute approximate surface area is 84.2 Å². The van der Waals surface area contributed by atoms with Crippen molar-refractivity contribution in [2.45, 2.75) is 31.3 Å². The van der Waals surface area contributed by atoms with E-state index in [9.17, 15) is 4.79 Å². The van der Waals surface area contributed by atoms with E-state index >= 15 is 0 Å². The van der Waals surface area contributed by atoms with Crippen LogP contribution in [-0.2, 0) is 0 Å². The van der Waals surface area contributed by atoms with Crippen molar-refractivity contribution >= 4 is 6.03 Å². The Morgan fingerprint density at radius 3 is 2.79 bits per heavy atom. The molecule has 2 atom stereocenters. The molecule has 5 nitrogen and oxygen atoms in total. The van der Waals surface area contributed by atoms with Gasteiger partial charge in [-0.05, 0) is 26.3 Å². The van der Waals surface area contributed by atoms with Crippen LogP contribution in [0.4, 0.5) is 4.79 Å². The summed E-state index contributed by atoms with van der Waals surface area (Å²) in [6.07, 6.45) is 3.55. The molecule has 2 bridgehead atoms. The molecule has 2 aliphatic heterocycles. The third-order valence-electron chi connectivity index (χ3n) is 3.56. The largest absolute Gasteiger partial charge is 0.331 e. The molecule has 2 heterocycles. The van der Waals surface area contributed by atoms with Gasteiger partial charge in [-0.1, -0.05) is 0 Å². The molecule has 14 heavy (non-hydrogen) atoms. The van der Waals surface area contributed by atoms with Gasteiger partial charge in [-0.3, -0.25) is 10.3 Å². The Kier molecular flexibility index (Phi) is 2.60. The second-order valence-corrected chi connectivity index (χ2v) is 4.23. The van der Waals surface area contributed by atoms with Crippen LogP contribution in [-0.4, -0.2) is 48.1 Å². The van der Waals surface area contributed by atoms with Gasteiger partial charge in [0, 0.05) is 25.2 Å². The predicted octanol–water partition coefficient (Wildman–Crippen LogP) is -0.262. The third-order valence-corrected chi connectivity index (χ3v) is 3.56. The van der Waals surface area contributed by atoms with Crippen LogP contribution in [0, 0.1) is 0 Å². The lowest BCUT2D eigenvalue weighted by atomic mass is 10.1. The maximum absolute atomic E-state index is 11.4. The molecule has 2 aliphatic rings. The van der Waals surface area contributed by atoms with Gasteiger partial charge in [0.1, 0.15) is 0 Å². The first-order chi connectivity index (χ1) is 6.72. The molecule has 3 N–H and O–H groups in total. The number of nitrogens with one attached hydrogen (secondary N) is 1. The monoisotopic (exact) mass is 198 g/mol. The van der Waals surface area contributed by atoms with E-state index in [1.807, 2.05) is 4.90 Å². The Morgan fingerprint density at radius 1 is 1.36 bits per heavy atom. The Hall–Kier alpha value is -0.810.